The second kappa shape index (κ2) is 8.39. The summed E-state index contributed by atoms with van der Waals surface area (Å²) in [6, 6.07) is 10.2. The third-order valence-corrected chi connectivity index (χ3v) is 5.60. The molecule has 0 aliphatic rings. The molecule has 3 aromatic rings. The van der Waals surface area contributed by atoms with E-state index in [9.17, 15) is 14.9 Å². The molecule has 1 N–H and O–H groups in total. The van der Waals surface area contributed by atoms with Gasteiger partial charge in [-0.1, -0.05) is 26.0 Å². The molecule has 0 bridgehead atoms. The molecule has 9 nitrogen and oxygen atoms in total. The minimum absolute atomic E-state index is 0.150. The number of nitro benzene ring substituents is 1. The van der Waals surface area contributed by atoms with E-state index in [0.29, 0.717) is 27.2 Å². The van der Waals surface area contributed by atoms with E-state index in [1.807, 2.05) is 24.3 Å². The highest BCUT2D eigenvalue weighted by Crippen LogP contribution is 2.34. The van der Waals surface area contributed by atoms with Crippen molar-refractivity contribution in [2.75, 3.05) is 5.32 Å². The molecule has 29 heavy (non-hydrogen) atoms. The van der Waals surface area contributed by atoms with Gasteiger partial charge in [-0.3, -0.25) is 14.9 Å². The average Bonchev–Trinajstić information content (AvgIpc) is 3.08. The standard InChI is InChI=1S/C19H20N6O3S/c1-11(2)13-5-7-14(8-6-13)20-18(26)16-10-15(25(27)28)9-12(3)17(16)29-19-21-22-23-24(19)4/h5-11H,1-4H3,(H,20,26). The number of hydrogen-bond donors (Lipinski definition) is 1. The number of hydrogen-bond acceptors (Lipinski definition) is 7. The van der Waals surface area contributed by atoms with Gasteiger partial charge in [-0.15, -0.1) is 5.10 Å². The lowest BCUT2D eigenvalue weighted by Crippen LogP contribution is -2.14. The number of anilines is 1. The van der Waals surface area contributed by atoms with E-state index in [1.54, 1.807) is 14.0 Å². The topological polar surface area (TPSA) is 116 Å². The van der Waals surface area contributed by atoms with Crippen LogP contribution in [0, 0.1) is 17.0 Å². The zero-order valence-electron chi connectivity index (χ0n) is 16.4. The number of carbonyl (C=O) groups is 1. The lowest BCUT2D eigenvalue weighted by Gasteiger charge is -2.13. The number of tetrazole rings is 1. The van der Waals surface area contributed by atoms with Crippen molar-refractivity contribution in [1.29, 1.82) is 0 Å². The molecular formula is C19H20N6O3S. The van der Waals surface area contributed by atoms with Gasteiger partial charge in [0.05, 0.1) is 10.5 Å². The van der Waals surface area contributed by atoms with Crippen LogP contribution in [0.1, 0.15) is 41.3 Å². The van der Waals surface area contributed by atoms with Crippen molar-refractivity contribution < 1.29 is 9.72 Å². The van der Waals surface area contributed by atoms with Gasteiger partial charge in [-0.05, 0) is 58.3 Å². The Hall–Kier alpha value is -3.27. The number of aryl methyl sites for hydroxylation is 2. The van der Waals surface area contributed by atoms with E-state index in [2.05, 4.69) is 34.7 Å². The van der Waals surface area contributed by atoms with E-state index in [-0.39, 0.29) is 11.3 Å². The van der Waals surface area contributed by atoms with E-state index in [4.69, 9.17) is 0 Å². The number of non-ortho nitro benzene ring substituents is 1. The summed E-state index contributed by atoms with van der Waals surface area (Å²) in [5, 5.41) is 25.9. The van der Waals surface area contributed by atoms with Crippen LogP contribution >= 0.6 is 11.8 Å². The molecule has 1 aromatic heterocycles. The largest absolute Gasteiger partial charge is 0.322 e. The number of nitrogens with one attached hydrogen (secondary N) is 1. The second-order valence-corrected chi connectivity index (χ2v) is 7.79. The van der Waals surface area contributed by atoms with Crippen LogP contribution in [0.2, 0.25) is 0 Å². The molecule has 3 rings (SSSR count). The quantitative estimate of drug-likeness (QED) is 0.481. The lowest BCUT2D eigenvalue weighted by atomic mass is 10.0. The highest BCUT2D eigenvalue weighted by molar-refractivity contribution is 7.99. The van der Waals surface area contributed by atoms with Crippen LogP contribution in [0.15, 0.2) is 46.5 Å². The summed E-state index contributed by atoms with van der Waals surface area (Å²) in [5.41, 5.74) is 2.40. The predicted molar refractivity (Wildman–Crippen MR) is 109 cm³/mol. The van der Waals surface area contributed by atoms with Crippen molar-refractivity contribution in [3.63, 3.8) is 0 Å². The lowest BCUT2D eigenvalue weighted by molar-refractivity contribution is -0.385. The van der Waals surface area contributed by atoms with Gasteiger partial charge in [-0.2, -0.15) is 0 Å². The minimum Gasteiger partial charge on any atom is -0.322 e. The van der Waals surface area contributed by atoms with E-state index >= 15 is 0 Å². The molecule has 0 atom stereocenters. The predicted octanol–water partition coefficient (Wildman–Crippen LogP) is 3.95. The van der Waals surface area contributed by atoms with E-state index in [1.165, 1.54) is 28.6 Å². The Kier molecular flexibility index (Phi) is 5.92. The Labute approximate surface area is 171 Å². The zero-order valence-corrected chi connectivity index (χ0v) is 17.2. The summed E-state index contributed by atoms with van der Waals surface area (Å²) in [5.74, 6) is -0.0612. The Balaban J connectivity index is 1.97. The first-order chi connectivity index (χ1) is 13.8. The molecular weight excluding hydrogens is 392 g/mol. The van der Waals surface area contributed by atoms with Crippen LogP contribution in [0.4, 0.5) is 11.4 Å². The fourth-order valence-electron chi connectivity index (χ4n) is 2.71. The number of aromatic nitrogens is 4. The smallest absolute Gasteiger partial charge is 0.270 e. The van der Waals surface area contributed by atoms with Crippen molar-refractivity contribution in [3.05, 3.63) is 63.2 Å². The number of benzene rings is 2. The average molecular weight is 412 g/mol. The molecule has 10 heteroatoms. The van der Waals surface area contributed by atoms with Crippen LogP contribution in [-0.4, -0.2) is 31.0 Å². The third kappa shape index (κ3) is 4.60. The van der Waals surface area contributed by atoms with Crippen LogP contribution < -0.4 is 5.32 Å². The SMILES string of the molecule is Cc1cc([N+](=O)[O-])cc(C(=O)Nc2ccc(C(C)C)cc2)c1Sc1nnnn1C. The number of nitrogens with zero attached hydrogens (tertiary/aromatic N) is 5. The first-order valence-electron chi connectivity index (χ1n) is 8.86. The van der Waals surface area contributed by atoms with Crippen LogP contribution in [0.3, 0.4) is 0 Å². The van der Waals surface area contributed by atoms with Gasteiger partial charge >= 0.3 is 0 Å². The zero-order chi connectivity index (χ0) is 21.1. The molecule has 150 valence electrons. The first kappa shape index (κ1) is 20.5. The highest BCUT2D eigenvalue weighted by Gasteiger charge is 2.22. The minimum atomic E-state index is -0.514. The monoisotopic (exact) mass is 412 g/mol. The molecule has 0 spiro atoms. The normalized spacial score (nSPS) is 10.9. The second-order valence-electron chi connectivity index (χ2n) is 6.81. The maximum Gasteiger partial charge on any atom is 0.270 e. The molecule has 0 radical (unpaired) electrons. The van der Waals surface area contributed by atoms with Crippen molar-refractivity contribution in [3.8, 4) is 0 Å². The van der Waals surface area contributed by atoms with Gasteiger partial charge in [0.15, 0.2) is 0 Å². The molecule has 0 aliphatic carbocycles. The summed E-state index contributed by atoms with van der Waals surface area (Å²) in [6.45, 7) is 5.89. The summed E-state index contributed by atoms with van der Waals surface area (Å²) >= 11 is 1.18. The molecule has 1 heterocycles. The Morgan fingerprint density at radius 3 is 2.48 bits per heavy atom. The van der Waals surface area contributed by atoms with E-state index in [0.717, 1.165) is 5.56 Å². The number of carbonyl (C=O) groups excluding carboxylic acids is 1. The fourth-order valence-corrected chi connectivity index (χ4v) is 3.62. The Morgan fingerprint density at radius 2 is 1.93 bits per heavy atom. The van der Waals surface area contributed by atoms with E-state index < -0.39 is 10.8 Å². The summed E-state index contributed by atoms with van der Waals surface area (Å²) in [7, 11) is 1.68. The van der Waals surface area contributed by atoms with Crippen molar-refractivity contribution in [1.82, 2.24) is 20.2 Å². The molecule has 1 amide bonds. The molecule has 0 saturated carbocycles. The maximum atomic E-state index is 13.0. The molecule has 0 fully saturated rings. The van der Waals surface area contributed by atoms with Crippen molar-refractivity contribution in [2.24, 2.45) is 7.05 Å². The van der Waals surface area contributed by atoms with Crippen molar-refractivity contribution >= 4 is 29.0 Å². The van der Waals surface area contributed by atoms with Gasteiger partial charge in [-0.25, -0.2) is 4.68 Å². The fraction of sp³-hybridized carbons (Fsp3) is 0.263. The van der Waals surface area contributed by atoms with Gasteiger partial charge in [0, 0.05) is 29.8 Å². The number of nitro groups is 1. The number of rotatable bonds is 6. The molecule has 0 saturated heterocycles. The van der Waals surface area contributed by atoms with Gasteiger partial charge in [0.1, 0.15) is 0 Å². The Bertz CT molecular complexity index is 1060. The van der Waals surface area contributed by atoms with Gasteiger partial charge in [0.2, 0.25) is 5.16 Å². The molecule has 2 aromatic carbocycles. The van der Waals surface area contributed by atoms with Crippen LogP contribution in [-0.2, 0) is 7.05 Å². The maximum absolute atomic E-state index is 13.0. The number of amides is 1. The molecule has 0 unspecified atom stereocenters. The van der Waals surface area contributed by atoms with Gasteiger partial charge < -0.3 is 5.32 Å². The molecule has 0 aliphatic heterocycles. The summed E-state index contributed by atoms with van der Waals surface area (Å²) < 4.78 is 1.47. The Morgan fingerprint density at radius 1 is 1.24 bits per heavy atom. The van der Waals surface area contributed by atoms with Crippen LogP contribution in [0.5, 0.6) is 0 Å². The summed E-state index contributed by atoms with van der Waals surface area (Å²) in [4.78, 5) is 24.3. The van der Waals surface area contributed by atoms with Crippen molar-refractivity contribution in [2.45, 2.75) is 36.7 Å². The highest BCUT2D eigenvalue weighted by atomic mass is 32.2. The van der Waals surface area contributed by atoms with Crippen LogP contribution in [0.25, 0.3) is 0 Å². The third-order valence-electron chi connectivity index (χ3n) is 4.32. The first-order valence-corrected chi connectivity index (χ1v) is 9.68. The van der Waals surface area contributed by atoms with Gasteiger partial charge in [0.25, 0.3) is 11.6 Å². The summed E-state index contributed by atoms with van der Waals surface area (Å²) in [6.07, 6.45) is 0.